The normalized spacial score (nSPS) is 19.3. The van der Waals surface area contributed by atoms with Crippen LogP contribution in [0.4, 0.5) is 10.1 Å². The molecule has 2 aromatic rings. The summed E-state index contributed by atoms with van der Waals surface area (Å²) >= 11 is 1.43. The van der Waals surface area contributed by atoms with Gasteiger partial charge >= 0.3 is 0 Å². The highest BCUT2D eigenvalue weighted by molar-refractivity contribution is 8.00. The number of rotatable bonds is 6. The number of amides is 2. The first kappa shape index (κ1) is 19.2. The molecule has 2 aromatic carbocycles. The summed E-state index contributed by atoms with van der Waals surface area (Å²) in [6.45, 7) is 2.37. The Bertz CT molecular complexity index is 813. The van der Waals surface area contributed by atoms with Gasteiger partial charge in [-0.15, -0.1) is 11.8 Å². The minimum atomic E-state index is -0.610. The standard InChI is InChI=1S/C20H21FN2O3S/c1-2-26-17-6-4-3-5-15(17)22-19(24)16-12-27-18(20(25)23-16)11-13-7-9-14(21)10-8-13/h3-10,16,18H,2,11-12H2,1H3,(H,22,24)(H,23,25)/t16-,18-/m0/s1. The molecule has 1 saturated heterocycles. The number of benzene rings is 2. The number of hydrogen-bond donors (Lipinski definition) is 2. The number of para-hydroxylation sites is 2. The lowest BCUT2D eigenvalue weighted by atomic mass is 10.1. The van der Waals surface area contributed by atoms with E-state index in [1.165, 1.54) is 23.9 Å². The van der Waals surface area contributed by atoms with Crippen molar-refractivity contribution in [2.24, 2.45) is 0 Å². The van der Waals surface area contributed by atoms with Gasteiger partial charge in [-0.2, -0.15) is 0 Å². The van der Waals surface area contributed by atoms with E-state index in [4.69, 9.17) is 4.74 Å². The summed E-state index contributed by atoms with van der Waals surface area (Å²) in [6, 6.07) is 12.7. The second-order valence-electron chi connectivity index (χ2n) is 6.13. The predicted molar refractivity (Wildman–Crippen MR) is 105 cm³/mol. The summed E-state index contributed by atoms with van der Waals surface area (Å²) in [5.41, 5.74) is 1.47. The van der Waals surface area contributed by atoms with Crippen LogP contribution in [0.1, 0.15) is 12.5 Å². The van der Waals surface area contributed by atoms with Crippen LogP contribution in [-0.2, 0) is 16.0 Å². The van der Waals surface area contributed by atoms with Gasteiger partial charge in [-0.25, -0.2) is 4.39 Å². The molecule has 1 heterocycles. The molecular weight excluding hydrogens is 367 g/mol. The van der Waals surface area contributed by atoms with Crippen molar-refractivity contribution in [3.05, 3.63) is 59.9 Å². The Morgan fingerprint density at radius 2 is 2.00 bits per heavy atom. The second-order valence-corrected chi connectivity index (χ2v) is 7.37. The van der Waals surface area contributed by atoms with E-state index in [0.717, 1.165) is 5.56 Å². The molecule has 0 unspecified atom stereocenters. The van der Waals surface area contributed by atoms with Gasteiger partial charge in [0.05, 0.1) is 17.5 Å². The molecule has 0 aromatic heterocycles. The van der Waals surface area contributed by atoms with Crippen LogP contribution in [0, 0.1) is 5.82 Å². The minimum Gasteiger partial charge on any atom is -0.492 e. The van der Waals surface area contributed by atoms with E-state index in [1.807, 2.05) is 19.1 Å². The fourth-order valence-corrected chi connectivity index (χ4v) is 3.98. The van der Waals surface area contributed by atoms with Crippen LogP contribution in [-0.4, -0.2) is 35.5 Å². The fourth-order valence-electron chi connectivity index (χ4n) is 2.79. The molecule has 0 spiro atoms. The number of thioether (sulfide) groups is 1. The molecule has 5 nitrogen and oxygen atoms in total. The molecule has 2 N–H and O–H groups in total. The van der Waals surface area contributed by atoms with Crippen LogP contribution >= 0.6 is 11.8 Å². The first-order valence-corrected chi connectivity index (χ1v) is 9.81. The molecule has 0 aliphatic carbocycles. The molecule has 2 amide bonds. The minimum absolute atomic E-state index is 0.186. The SMILES string of the molecule is CCOc1ccccc1NC(=O)[C@@H]1CS[C@@H](Cc2ccc(F)cc2)C(=O)N1. The number of halogens is 1. The van der Waals surface area contributed by atoms with Crippen LogP contribution in [0.5, 0.6) is 5.75 Å². The molecule has 1 fully saturated rings. The lowest BCUT2D eigenvalue weighted by Gasteiger charge is -2.28. The molecular formula is C20H21FN2O3S. The largest absolute Gasteiger partial charge is 0.492 e. The lowest BCUT2D eigenvalue weighted by Crippen LogP contribution is -2.52. The third-order valence-electron chi connectivity index (χ3n) is 4.17. The maximum absolute atomic E-state index is 13.0. The number of hydrogen-bond acceptors (Lipinski definition) is 4. The van der Waals surface area contributed by atoms with Crippen molar-refractivity contribution in [2.45, 2.75) is 24.6 Å². The van der Waals surface area contributed by atoms with Gasteiger partial charge in [-0.3, -0.25) is 9.59 Å². The summed E-state index contributed by atoms with van der Waals surface area (Å²) in [5.74, 6) is 0.304. The van der Waals surface area contributed by atoms with Crippen molar-refractivity contribution in [3.63, 3.8) is 0 Å². The zero-order chi connectivity index (χ0) is 19.2. The molecule has 142 valence electrons. The Labute approximate surface area is 161 Å². The van der Waals surface area contributed by atoms with Gasteiger partial charge in [-0.05, 0) is 43.2 Å². The smallest absolute Gasteiger partial charge is 0.247 e. The van der Waals surface area contributed by atoms with Gasteiger partial charge < -0.3 is 15.4 Å². The Balaban J connectivity index is 1.58. The quantitative estimate of drug-likeness (QED) is 0.798. The monoisotopic (exact) mass is 388 g/mol. The first-order valence-electron chi connectivity index (χ1n) is 8.76. The molecule has 7 heteroatoms. The maximum atomic E-state index is 13.0. The highest BCUT2D eigenvalue weighted by atomic mass is 32.2. The van der Waals surface area contributed by atoms with Crippen molar-refractivity contribution in [1.82, 2.24) is 5.32 Å². The van der Waals surface area contributed by atoms with Gasteiger partial charge in [0.2, 0.25) is 11.8 Å². The summed E-state index contributed by atoms with van der Waals surface area (Å²) < 4.78 is 18.5. The zero-order valence-corrected chi connectivity index (χ0v) is 15.7. The van der Waals surface area contributed by atoms with Crippen LogP contribution in [0.2, 0.25) is 0 Å². The Morgan fingerprint density at radius 3 is 2.70 bits per heavy atom. The number of carbonyl (C=O) groups is 2. The van der Waals surface area contributed by atoms with Gasteiger partial charge in [0.25, 0.3) is 0 Å². The van der Waals surface area contributed by atoms with Gasteiger partial charge in [0.15, 0.2) is 0 Å². The zero-order valence-electron chi connectivity index (χ0n) is 14.9. The molecule has 0 radical (unpaired) electrons. The molecule has 3 rings (SSSR count). The van der Waals surface area contributed by atoms with Crippen LogP contribution < -0.4 is 15.4 Å². The van der Waals surface area contributed by atoms with E-state index in [2.05, 4.69) is 10.6 Å². The van der Waals surface area contributed by atoms with Crippen molar-refractivity contribution >= 4 is 29.3 Å². The molecule has 2 atom stereocenters. The van der Waals surface area contributed by atoms with Gasteiger partial charge in [0, 0.05) is 5.75 Å². The highest BCUT2D eigenvalue weighted by Crippen LogP contribution is 2.26. The van der Waals surface area contributed by atoms with Crippen LogP contribution in [0.15, 0.2) is 48.5 Å². The fraction of sp³-hybridized carbons (Fsp3) is 0.300. The molecule has 0 saturated carbocycles. The van der Waals surface area contributed by atoms with E-state index < -0.39 is 6.04 Å². The van der Waals surface area contributed by atoms with Crippen LogP contribution in [0.3, 0.4) is 0 Å². The third-order valence-corrected chi connectivity index (χ3v) is 5.48. The molecule has 27 heavy (non-hydrogen) atoms. The van der Waals surface area contributed by atoms with Crippen LogP contribution in [0.25, 0.3) is 0 Å². The molecule has 0 bridgehead atoms. The van der Waals surface area contributed by atoms with E-state index in [-0.39, 0.29) is 22.9 Å². The Morgan fingerprint density at radius 1 is 1.26 bits per heavy atom. The van der Waals surface area contributed by atoms with Crippen molar-refractivity contribution < 1.29 is 18.7 Å². The highest BCUT2D eigenvalue weighted by Gasteiger charge is 2.32. The summed E-state index contributed by atoms with van der Waals surface area (Å²) in [6.07, 6.45) is 0.498. The van der Waals surface area contributed by atoms with Crippen molar-refractivity contribution in [3.8, 4) is 5.75 Å². The second kappa shape index (κ2) is 8.90. The molecule has 1 aliphatic rings. The number of ether oxygens (including phenoxy) is 1. The van der Waals surface area contributed by atoms with Crippen molar-refractivity contribution in [1.29, 1.82) is 0 Å². The van der Waals surface area contributed by atoms with Gasteiger partial charge in [-0.1, -0.05) is 24.3 Å². The van der Waals surface area contributed by atoms with Crippen molar-refractivity contribution in [2.75, 3.05) is 17.7 Å². The maximum Gasteiger partial charge on any atom is 0.247 e. The average Bonchev–Trinajstić information content (AvgIpc) is 2.67. The number of nitrogens with one attached hydrogen (secondary N) is 2. The Kier molecular flexibility index (Phi) is 6.34. The summed E-state index contributed by atoms with van der Waals surface area (Å²) in [4.78, 5) is 24.9. The number of carbonyl (C=O) groups excluding carboxylic acids is 2. The average molecular weight is 388 g/mol. The summed E-state index contributed by atoms with van der Waals surface area (Å²) in [5, 5.41) is 5.31. The summed E-state index contributed by atoms with van der Waals surface area (Å²) in [7, 11) is 0. The van der Waals surface area contributed by atoms with E-state index in [9.17, 15) is 14.0 Å². The Hall–Kier alpha value is -2.54. The first-order chi connectivity index (χ1) is 13.1. The molecule has 1 aliphatic heterocycles. The van der Waals surface area contributed by atoms with Gasteiger partial charge in [0.1, 0.15) is 17.6 Å². The topological polar surface area (TPSA) is 67.4 Å². The predicted octanol–water partition coefficient (Wildman–Crippen LogP) is 3.01. The van der Waals surface area contributed by atoms with E-state index in [1.54, 1.807) is 24.3 Å². The third kappa shape index (κ3) is 5.01. The number of anilines is 1. The van der Waals surface area contributed by atoms with E-state index in [0.29, 0.717) is 30.2 Å². The lowest BCUT2D eigenvalue weighted by molar-refractivity contribution is -0.126. The van der Waals surface area contributed by atoms with E-state index >= 15 is 0 Å².